The van der Waals surface area contributed by atoms with Gasteiger partial charge in [0.25, 0.3) is 0 Å². The molecule has 1 atom stereocenters. The Balaban J connectivity index is 1.97. The first-order valence-electron chi connectivity index (χ1n) is 5.84. The first kappa shape index (κ1) is 12.3. The van der Waals surface area contributed by atoms with Gasteiger partial charge < -0.3 is 10.0 Å². The predicted octanol–water partition coefficient (Wildman–Crippen LogP) is 1.16. The zero-order valence-corrected chi connectivity index (χ0v) is 9.91. The lowest BCUT2D eigenvalue weighted by molar-refractivity contribution is -0.125. The molecule has 1 unspecified atom stereocenters. The maximum absolute atomic E-state index is 11.8. The number of likely N-dealkylation sites (tertiary alicyclic amines) is 1. The zero-order chi connectivity index (χ0) is 13.0. The number of β-amino-alcohol motifs (C(OH)–C–C–N with tert-alkyl or cyclic N) is 1. The minimum absolute atomic E-state index is 0.0871. The van der Waals surface area contributed by atoms with E-state index < -0.39 is 6.10 Å². The first-order valence-corrected chi connectivity index (χ1v) is 5.84. The molecule has 1 aliphatic heterocycles. The van der Waals surface area contributed by atoms with E-state index in [0.29, 0.717) is 25.1 Å². The third-order valence-electron chi connectivity index (χ3n) is 2.93. The van der Waals surface area contributed by atoms with Crippen molar-refractivity contribution in [1.82, 2.24) is 4.90 Å². The van der Waals surface area contributed by atoms with Gasteiger partial charge in [0, 0.05) is 19.2 Å². The third kappa shape index (κ3) is 2.96. The molecule has 1 aromatic rings. The van der Waals surface area contributed by atoms with E-state index in [4.69, 9.17) is 5.26 Å². The summed E-state index contributed by atoms with van der Waals surface area (Å²) in [6.45, 7) is 1.02. The number of nitrogens with zero attached hydrogens (tertiary/aromatic N) is 2. The normalized spacial score (nSPS) is 19.1. The Kier molecular flexibility index (Phi) is 3.75. The van der Waals surface area contributed by atoms with Crippen LogP contribution in [-0.4, -0.2) is 35.1 Å². The van der Waals surface area contributed by atoms with Gasteiger partial charge in [-0.05, 0) is 30.2 Å². The molecule has 92 valence electrons. The highest BCUT2D eigenvalue weighted by Gasteiger charge is 2.22. The smallest absolute Gasteiger partial charge is 0.246 e. The van der Waals surface area contributed by atoms with Gasteiger partial charge in [0.1, 0.15) is 0 Å². The van der Waals surface area contributed by atoms with Crippen LogP contribution in [0, 0.1) is 11.3 Å². The van der Waals surface area contributed by atoms with E-state index in [9.17, 15) is 9.90 Å². The van der Waals surface area contributed by atoms with Crippen LogP contribution in [0.5, 0.6) is 0 Å². The average molecular weight is 242 g/mol. The summed E-state index contributed by atoms with van der Waals surface area (Å²) in [6.07, 6.45) is 3.47. The molecular weight excluding hydrogens is 228 g/mol. The Morgan fingerprint density at radius 2 is 2.17 bits per heavy atom. The van der Waals surface area contributed by atoms with Crippen molar-refractivity contribution in [3.05, 3.63) is 41.5 Å². The van der Waals surface area contributed by atoms with Gasteiger partial charge in [-0.3, -0.25) is 4.79 Å². The number of benzene rings is 1. The molecule has 0 radical (unpaired) electrons. The second-order valence-electron chi connectivity index (χ2n) is 4.29. The Morgan fingerprint density at radius 1 is 1.44 bits per heavy atom. The van der Waals surface area contributed by atoms with E-state index in [0.717, 1.165) is 5.56 Å². The fourth-order valence-electron chi connectivity index (χ4n) is 1.88. The summed E-state index contributed by atoms with van der Waals surface area (Å²) in [4.78, 5) is 13.4. The summed E-state index contributed by atoms with van der Waals surface area (Å²) in [5.41, 5.74) is 1.48. The summed E-state index contributed by atoms with van der Waals surface area (Å²) in [5.74, 6) is -0.0871. The minimum Gasteiger partial charge on any atom is -0.391 e. The van der Waals surface area contributed by atoms with Crippen LogP contribution in [0.2, 0.25) is 0 Å². The van der Waals surface area contributed by atoms with Crippen LogP contribution in [0.1, 0.15) is 17.5 Å². The molecule has 1 aromatic carbocycles. The Bertz CT molecular complexity index is 500. The molecule has 0 spiro atoms. The first-order chi connectivity index (χ1) is 8.69. The van der Waals surface area contributed by atoms with Crippen LogP contribution in [0.15, 0.2) is 30.3 Å². The van der Waals surface area contributed by atoms with E-state index in [2.05, 4.69) is 0 Å². The second-order valence-corrected chi connectivity index (χ2v) is 4.29. The molecule has 4 heteroatoms. The maximum Gasteiger partial charge on any atom is 0.246 e. The molecule has 1 amide bonds. The highest BCUT2D eigenvalue weighted by molar-refractivity contribution is 5.92. The molecule has 18 heavy (non-hydrogen) atoms. The molecule has 4 nitrogen and oxygen atoms in total. The average Bonchev–Trinajstić information content (AvgIpc) is 2.83. The summed E-state index contributed by atoms with van der Waals surface area (Å²) in [5, 5.41) is 18.0. The number of rotatable bonds is 2. The highest BCUT2D eigenvalue weighted by atomic mass is 16.3. The molecule has 0 aromatic heterocycles. The number of carbonyl (C=O) groups excluding carboxylic acids is 1. The van der Waals surface area contributed by atoms with E-state index in [1.807, 2.05) is 6.07 Å². The summed E-state index contributed by atoms with van der Waals surface area (Å²) < 4.78 is 0. The summed E-state index contributed by atoms with van der Waals surface area (Å²) in [6, 6.07) is 9.05. The topological polar surface area (TPSA) is 64.3 Å². The van der Waals surface area contributed by atoms with E-state index in [1.54, 1.807) is 35.2 Å². The molecule has 1 fully saturated rings. The van der Waals surface area contributed by atoms with Crippen LogP contribution >= 0.6 is 0 Å². The van der Waals surface area contributed by atoms with Crippen molar-refractivity contribution >= 4 is 12.0 Å². The quantitative estimate of drug-likeness (QED) is 0.792. The molecule has 1 heterocycles. The maximum atomic E-state index is 11.8. The molecule has 1 N–H and O–H groups in total. The largest absolute Gasteiger partial charge is 0.391 e. The monoisotopic (exact) mass is 242 g/mol. The Morgan fingerprint density at radius 3 is 2.72 bits per heavy atom. The molecule has 0 saturated carbocycles. The zero-order valence-electron chi connectivity index (χ0n) is 9.91. The molecule has 2 rings (SSSR count). The van der Waals surface area contributed by atoms with Crippen LogP contribution in [-0.2, 0) is 4.79 Å². The lowest BCUT2D eigenvalue weighted by Crippen LogP contribution is -2.27. The summed E-state index contributed by atoms with van der Waals surface area (Å²) >= 11 is 0. The van der Waals surface area contributed by atoms with Crippen LogP contribution in [0.4, 0.5) is 0 Å². The number of carbonyl (C=O) groups is 1. The number of aliphatic hydroxyl groups is 1. The van der Waals surface area contributed by atoms with Gasteiger partial charge in [-0.2, -0.15) is 5.26 Å². The molecule has 0 aliphatic carbocycles. The van der Waals surface area contributed by atoms with Gasteiger partial charge in [0.2, 0.25) is 5.91 Å². The summed E-state index contributed by atoms with van der Waals surface area (Å²) in [7, 11) is 0. The molecule has 1 saturated heterocycles. The van der Waals surface area contributed by atoms with Crippen molar-refractivity contribution in [2.75, 3.05) is 13.1 Å². The molecule has 1 aliphatic rings. The lowest BCUT2D eigenvalue weighted by Gasteiger charge is -2.12. The van der Waals surface area contributed by atoms with Gasteiger partial charge in [0.15, 0.2) is 0 Å². The van der Waals surface area contributed by atoms with Gasteiger partial charge in [0.05, 0.1) is 17.7 Å². The van der Waals surface area contributed by atoms with Gasteiger partial charge in [-0.25, -0.2) is 0 Å². The highest BCUT2D eigenvalue weighted by Crippen LogP contribution is 2.10. The van der Waals surface area contributed by atoms with Crippen LogP contribution in [0.25, 0.3) is 6.08 Å². The number of amides is 1. The fraction of sp³-hybridized carbons (Fsp3) is 0.286. The van der Waals surface area contributed by atoms with Gasteiger partial charge in [-0.15, -0.1) is 0 Å². The van der Waals surface area contributed by atoms with E-state index >= 15 is 0 Å². The van der Waals surface area contributed by atoms with Gasteiger partial charge in [-0.1, -0.05) is 12.1 Å². The fourth-order valence-corrected chi connectivity index (χ4v) is 1.88. The predicted molar refractivity (Wildman–Crippen MR) is 67.4 cm³/mol. The molecule has 0 bridgehead atoms. The number of hydrogen-bond acceptors (Lipinski definition) is 3. The van der Waals surface area contributed by atoms with Crippen molar-refractivity contribution in [3.8, 4) is 6.07 Å². The SMILES string of the molecule is N#Cc1ccc(/C=C/C(=O)N2CCC(O)C2)cc1. The van der Waals surface area contributed by atoms with Crippen molar-refractivity contribution in [2.45, 2.75) is 12.5 Å². The van der Waals surface area contributed by atoms with E-state index in [-0.39, 0.29) is 5.91 Å². The Hall–Kier alpha value is -2.12. The lowest BCUT2D eigenvalue weighted by atomic mass is 10.1. The third-order valence-corrected chi connectivity index (χ3v) is 2.93. The van der Waals surface area contributed by atoms with Crippen molar-refractivity contribution in [2.24, 2.45) is 0 Å². The minimum atomic E-state index is -0.391. The number of aliphatic hydroxyl groups excluding tert-OH is 1. The number of hydrogen-bond donors (Lipinski definition) is 1. The van der Waals surface area contributed by atoms with Crippen LogP contribution in [0.3, 0.4) is 0 Å². The van der Waals surface area contributed by atoms with Crippen LogP contribution < -0.4 is 0 Å². The Labute approximate surface area is 106 Å². The van der Waals surface area contributed by atoms with Gasteiger partial charge >= 0.3 is 0 Å². The van der Waals surface area contributed by atoms with Crippen molar-refractivity contribution < 1.29 is 9.90 Å². The number of nitriles is 1. The molecular formula is C14H14N2O2. The second kappa shape index (κ2) is 5.48. The van der Waals surface area contributed by atoms with Crippen molar-refractivity contribution in [3.63, 3.8) is 0 Å². The van der Waals surface area contributed by atoms with Crippen molar-refractivity contribution in [1.29, 1.82) is 5.26 Å². The van der Waals surface area contributed by atoms with E-state index in [1.165, 1.54) is 6.08 Å². The standard InChI is InChI=1S/C14H14N2O2/c15-9-12-3-1-11(2-4-12)5-6-14(18)16-8-7-13(17)10-16/h1-6,13,17H,7-8,10H2/b6-5+.